The molecule has 50 heavy (non-hydrogen) atoms. The van der Waals surface area contributed by atoms with E-state index in [0.717, 1.165) is 33.8 Å². The van der Waals surface area contributed by atoms with Crippen molar-refractivity contribution >= 4 is 0 Å². The summed E-state index contributed by atoms with van der Waals surface area (Å²) in [6, 6.07) is 73.9. The Kier molecular flexibility index (Phi) is 7.44. The van der Waals surface area contributed by atoms with Gasteiger partial charge in [0.1, 0.15) is 11.5 Å². The zero-order valence-electron chi connectivity index (χ0n) is 27.5. The van der Waals surface area contributed by atoms with E-state index in [2.05, 4.69) is 206 Å². The summed E-state index contributed by atoms with van der Waals surface area (Å²) in [6.07, 6.45) is 0. The lowest BCUT2D eigenvalue weighted by molar-refractivity contribution is 0.435. The molecule has 0 bridgehead atoms. The summed E-state index contributed by atoms with van der Waals surface area (Å²) in [5, 5.41) is 0. The average Bonchev–Trinajstić information content (AvgIpc) is 3.21. The van der Waals surface area contributed by atoms with Crippen LogP contribution < -0.4 is 4.74 Å². The van der Waals surface area contributed by atoms with Crippen LogP contribution >= 0.6 is 0 Å². The van der Waals surface area contributed by atoms with Gasteiger partial charge >= 0.3 is 0 Å². The van der Waals surface area contributed by atoms with Gasteiger partial charge in [0.05, 0.1) is 5.41 Å². The van der Waals surface area contributed by atoms with Crippen molar-refractivity contribution in [2.45, 2.75) is 5.41 Å². The van der Waals surface area contributed by atoms with Crippen LogP contribution in [0.15, 0.2) is 206 Å². The van der Waals surface area contributed by atoms with Gasteiger partial charge < -0.3 is 4.74 Å². The first-order valence-electron chi connectivity index (χ1n) is 17.2. The van der Waals surface area contributed by atoms with E-state index in [0.29, 0.717) is 0 Å². The van der Waals surface area contributed by atoms with Crippen LogP contribution in [0.2, 0.25) is 0 Å². The smallest absolute Gasteiger partial charge is 0.132 e. The number of rotatable bonds is 6. The van der Waals surface area contributed by atoms with E-state index < -0.39 is 5.41 Å². The monoisotopic (exact) mass is 638 g/mol. The molecule has 9 rings (SSSR count). The second-order valence-electron chi connectivity index (χ2n) is 12.9. The Balaban J connectivity index is 1.13. The van der Waals surface area contributed by atoms with E-state index in [-0.39, 0.29) is 0 Å². The molecule has 0 saturated heterocycles. The molecule has 1 aliphatic rings. The molecule has 0 aromatic heterocycles. The van der Waals surface area contributed by atoms with Crippen LogP contribution in [-0.2, 0) is 5.41 Å². The number of para-hydroxylation sites is 1. The van der Waals surface area contributed by atoms with Gasteiger partial charge in [0.15, 0.2) is 0 Å². The highest BCUT2D eigenvalue weighted by molar-refractivity contribution is 5.87. The maximum absolute atomic E-state index is 6.73. The molecule has 0 fully saturated rings. The Labute approximate surface area is 293 Å². The van der Waals surface area contributed by atoms with Crippen molar-refractivity contribution in [3.8, 4) is 56.0 Å². The standard InChI is InChI=1S/C49H34O/c1-5-15-37(16-6-1)43-31-29-39(33-44(43)38-17-7-2-8-18-38)35-25-27-36(28-26-35)40-30-32-46-48(34-40)50-47-24-14-13-23-45(47)49(46,41-19-9-3-10-20-41)42-21-11-4-12-22-42/h1-34H. The second-order valence-corrected chi connectivity index (χ2v) is 12.9. The molecular formula is C49H34O. The summed E-state index contributed by atoms with van der Waals surface area (Å²) in [5.74, 6) is 1.76. The van der Waals surface area contributed by atoms with Gasteiger partial charge in [0.25, 0.3) is 0 Å². The molecule has 0 radical (unpaired) electrons. The first-order valence-corrected chi connectivity index (χ1v) is 17.2. The van der Waals surface area contributed by atoms with Crippen LogP contribution in [-0.4, -0.2) is 0 Å². The van der Waals surface area contributed by atoms with Crippen LogP contribution in [0.5, 0.6) is 11.5 Å². The van der Waals surface area contributed by atoms with Crippen LogP contribution in [0.25, 0.3) is 44.5 Å². The molecule has 1 nitrogen and oxygen atoms in total. The Morgan fingerprint density at radius 1 is 0.280 bits per heavy atom. The van der Waals surface area contributed by atoms with E-state index in [1.807, 2.05) is 0 Å². The molecule has 0 amide bonds. The molecular weight excluding hydrogens is 605 g/mol. The quantitative estimate of drug-likeness (QED) is 0.176. The third-order valence-corrected chi connectivity index (χ3v) is 10.1. The van der Waals surface area contributed by atoms with Gasteiger partial charge in [0.2, 0.25) is 0 Å². The molecule has 236 valence electrons. The minimum Gasteiger partial charge on any atom is -0.457 e. The van der Waals surface area contributed by atoms with Crippen LogP contribution in [0, 0.1) is 0 Å². The van der Waals surface area contributed by atoms with Crippen molar-refractivity contribution in [2.75, 3.05) is 0 Å². The van der Waals surface area contributed by atoms with Gasteiger partial charge in [-0.05, 0) is 73.8 Å². The van der Waals surface area contributed by atoms with Crippen LogP contribution in [0.4, 0.5) is 0 Å². The third kappa shape index (κ3) is 5.03. The first-order chi connectivity index (χ1) is 24.8. The van der Waals surface area contributed by atoms with E-state index in [1.54, 1.807) is 0 Å². The van der Waals surface area contributed by atoms with E-state index in [9.17, 15) is 0 Å². The minimum atomic E-state index is -0.516. The molecule has 1 aliphatic heterocycles. The molecule has 0 N–H and O–H groups in total. The van der Waals surface area contributed by atoms with Crippen LogP contribution in [0.3, 0.4) is 0 Å². The average molecular weight is 639 g/mol. The maximum atomic E-state index is 6.73. The lowest BCUT2D eigenvalue weighted by Gasteiger charge is -2.41. The SMILES string of the molecule is c1ccc(-c2ccc(-c3ccc(-c4ccc5c(c4)Oc4ccccc4C5(c4ccccc4)c4ccccc4)cc3)cc2-c2ccccc2)cc1. The molecule has 0 unspecified atom stereocenters. The van der Waals surface area contributed by atoms with E-state index >= 15 is 0 Å². The second kappa shape index (κ2) is 12.5. The molecule has 0 atom stereocenters. The summed E-state index contributed by atoms with van der Waals surface area (Å²) in [4.78, 5) is 0. The Bertz CT molecular complexity index is 2370. The van der Waals surface area contributed by atoms with Crippen molar-refractivity contribution in [3.05, 3.63) is 229 Å². The number of fused-ring (bicyclic) bond motifs is 2. The zero-order valence-corrected chi connectivity index (χ0v) is 27.5. The fourth-order valence-corrected chi connectivity index (χ4v) is 7.70. The highest BCUT2D eigenvalue weighted by atomic mass is 16.5. The van der Waals surface area contributed by atoms with Crippen molar-refractivity contribution in [2.24, 2.45) is 0 Å². The first kappa shape index (κ1) is 29.7. The summed E-state index contributed by atoms with van der Waals surface area (Å²) in [6.45, 7) is 0. The van der Waals surface area contributed by atoms with Gasteiger partial charge in [-0.2, -0.15) is 0 Å². The van der Waals surface area contributed by atoms with E-state index in [4.69, 9.17) is 4.74 Å². The number of ether oxygens (including phenoxy) is 1. The van der Waals surface area contributed by atoms with Crippen molar-refractivity contribution in [1.29, 1.82) is 0 Å². The van der Waals surface area contributed by atoms with Gasteiger partial charge in [-0.1, -0.05) is 188 Å². The highest BCUT2D eigenvalue weighted by Crippen LogP contribution is 2.55. The van der Waals surface area contributed by atoms with Crippen molar-refractivity contribution in [3.63, 3.8) is 0 Å². The molecule has 0 aliphatic carbocycles. The number of hydrogen-bond acceptors (Lipinski definition) is 1. The molecule has 8 aromatic rings. The summed E-state index contributed by atoms with van der Waals surface area (Å²) >= 11 is 0. The summed E-state index contributed by atoms with van der Waals surface area (Å²) < 4.78 is 6.73. The number of hydrogen-bond donors (Lipinski definition) is 0. The highest BCUT2D eigenvalue weighted by Gasteiger charge is 2.45. The normalized spacial score (nSPS) is 12.7. The Hall–Kier alpha value is -6.44. The van der Waals surface area contributed by atoms with Gasteiger partial charge in [0, 0.05) is 11.1 Å². The van der Waals surface area contributed by atoms with E-state index in [1.165, 1.54) is 44.5 Å². The fourth-order valence-electron chi connectivity index (χ4n) is 7.70. The van der Waals surface area contributed by atoms with Gasteiger partial charge in [-0.15, -0.1) is 0 Å². The van der Waals surface area contributed by atoms with Crippen molar-refractivity contribution < 1.29 is 4.74 Å². The number of benzene rings is 8. The van der Waals surface area contributed by atoms with Gasteiger partial charge in [-0.25, -0.2) is 0 Å². The predicted molar refractivity (Wildman–Crippen MR) is 207 cm³/mol. The molecule has 1 heterocycles. The fraction of sp³-hybridized carbons (Fsp3) is 0.0204. The zero-order chi connectivity index (χ0) is 33.3. The van der Waals surface area contributed by atoms with Crippen molar-refractivity contribution in [1.82, 2.24) is 0 Å². The summed E-state index contributed by atoms with van der Waals surface area (Å²) in [5.41, 5.74) is 13.7. The predicted octanol–water partition coefficient (Wildman–Crippen LogP) is 12.8. The summed E-state index contributed by atoms with van der Waals surface area (Å²) in [7, 11) is 0. The lowest BCUT2D eigenvalue weighted by atomic mass is 9.63. The molecule has 8 aromatic carbocycles. The lowest BCUT2D eigenvalue weighted by Crippen LogP contribution is -2.34. The topological polar surface area (TPSA) is 9.23 Å². The maximum Gasteiger partial charge on any atom is 0.132 e. The van der Waals surface area contributed by atoms with Gasteiger partial charge in [-0.3, -0.25) is 0 Å². The minimum absolute atomic E-state index is 0.516. The largest absolute Gasteiger partial charge is 0.457 e. The molecule has 0 saturated carbocycles. The Morgan fingerprint density at radius 2 is 0.720 bits per heavy atom. The molecule has 1 heteroatoms. The van der Waals surface area contributed by atoms with Crippen LogP contribution in [0.1, 0.15) is 22.3 Å². The Morgan fingerprint density at radius 3 is 1.32 bits per heavy atom. The third-order valence-electron chi connectivity index (χ3n) is 10.1. The molecule has 0 spiro atoms.